The van der Waals surface area contributed by atoms with Gasteiger partial charge < -0.3 is 5.32 Å². The van der Waals surface area contributed by atoms with Crippen LogP contribution in [-0.4, -0.2) is 24.4 Å². The van der Waals surface area contributed by atoms with Crippen molar-refractivity contribution in [2.45, 2.75) is 11.1 Å². The summed E-state index contributed by atoms with van der Waals surface area (Å²) < 4.78 is 36.3. The summed E-state index contributed by atoms with van der Waals surface area (Å²) in [6.07, 6.45) is -4.36. The van der Waals surface area contributed by atoms with E-state index in [9.17, 15) is 18.0 Å². The zero-order valence-electron chi connectivity index (χ0n) is 8.55. The van der Waals surface area contributed by atoms with Crippen molar-refractivity contribution in [1.29, 1.82) is 0 Å². The van der Waals surface area contributed by atoms with E-state index < -0.39 is 18.6 Å². The van der Waals surface area contributed by atoms with Gasteiger partial charge in [-0.3, -0.25) is 4.79 Å². The standard InChI is InChI=1S/C10H9BrF3NOS/c11-7-1-3-8(4-2-7)17-5-9(16)15-6-10(12,13)14/h1-4H,5-6H2,(H,15,16). The van der Waals surface area contributed by atoms with E-state index in [4.69, 9.17) is 0 Å². The van der Waals surface area contributed by atoms with Crippen molar-refractivity contribution in [2.75, 3.05) is 12.3 Å². The van der Waals surface area contributed by atoms with Crippen LogP contribution in [0.15, 0.2) is 33.6 Å². The molecular formula is C10H9BrF3NOS. The Labute approximate surface area is 109 Å². The third-order valence-electron chi connectivity index (χ3n) is 1.67. The first-order valence-corrected chi connectivity index (χ1v) is 6.36. The van der Waals surface area contributed by atoms with Gasteiger partial charge in [0, 0.05) is 9.37 Å². The minimum Gasteiger partial charge on any atom is -0.346 e. The summed E-state index contributed by atoms with van der Waals surface area (Å²) in [6.45, 7) is -1.28. The number of rotatable bonds is 4. The van der Waals surface area contributed by atoms with Crippen molar-refractivity contribution in [1.82, 2.24) is 5.32 Å². The van der Waals surface area contributed by atoms with E-state index in [1.54, 1.807) is 24.3 Å². The van der Waals surface area contributed by atoms with E-state index in [2.05, 4.69) is 15.9 Å². The second-order valence-corrected chi connectivity index (χ2v) is 5.10. The van der Waals surface area contributed by atoms with Gasteiger partial charge in [0.05, 0.1) is 5.75 Å². The first kappa shape index (κ1) is 14.4. The summed E-state index contributed by atoms with van der Waals surface area (Å²) >= 11 is 4.45. The maximum atomic E-state index is 11.8. The number of benzene rings is 1. The second kappa shape index (κ2) is 6.30. The zero-order valence-corrected chi connectivity index (χ0v) is 11.0. The highest BCUT2D eigenvalue weighted by atomic mass is 79.9. The highest BCUT2D eigenvalue weighted by Crippen LogP contribution is 2.20. The third kappa shape index (κ3) is 6.58. The van der Waals surface area contributed by atoms with Gasteiger partial charge in [0.25, 0.3) is 0 Å². The first-order valence-electron chi connectivity index (χ1n) is 4.58. The Morgan fingerprint density at radius 1 is 1.29 bits per heavy atom. The van der Waals surface area contributed by atoms with E-state index >= 15 is 0 Å². The molecule has 0 radical (unpaired) electrons. The summed E-state index contributed by atoms with van der Waals surface area (Å²) in [4.78, 5) is 11.9. The van der Waals surface area contributed by atoms with Gasteiger partial charge in [0.15, 0.2) is 0 Å². The van der Waals surface area contributed by atoms with Gasteiger partial charge in [-0.05, 0) is 24.3 Å². The third-order valence-corrected chi connectivity index (χ3v) is 3.21. The fourth-order valence-corrected chi connectivity index (χ4v) is 1.92. The number of nitrogens with one attached hydrogen (secondary N) is 1. The maximum absolute atomic E-state index is 11.8. The number of halogens is 4. The van der Waals surface area contributed by atoms with Gasteiger partial charge in [0.1, 0.15) is 6.54 Å². The molecule has 0 aliphatic carbocycles. The molecule has 94 valence electrons. The molecule has 0 spiro atoms. The highest BCUT2D eigenvalue weighted by Gasteiger charge is 2.27. The summed E-state index contributed by atoms with van der Waals surface area (Å²) in [5.74, 6) is -0.659. The monoisotopic (exact) mass is 327 g/mol. The molecule has 1 rings (SSSR count). The number of thioether (sulfide) groups is 1. The molecule has 0 bridgehead atoms. The number of alkyl halides is 3. The molecule has 0 heterocycles. The molecule has 0 unspecified atom stereocenters. The predicted octanol–water partition coefficient (Wildman–Crippen LogP) is 3.22. The van der Waals surface area contributed by atoms with Crippen LogP contribution in [0, 0.1) is 0 Å². The summed E-state index contributed by atoms with van der Waals surface area (Å²) in [7, 11) is 0. The Kier molecular flexibility index (Phi) is 5.32. The lowest BCUT2D eigenvalue weighted by Gasteiger charge is -2.08. The van der Waals surface area contributed by atoms with Crippen LogP contribution in [-0.2, 0) is 4.79 Å². The molecule has 0 saturated heterocycles. The molecule has 0 fully saturated rings. The van der Waals surface area contributed by atoms with E-state index in [0.29, 0.717) is 0 Å². The lowest BCUT2D eigenvalue weighted by atomic mass is 10.4. The number of carbonyl (C=O) groups is 1. The van der Waals surface area contributed by atoms with E-state index in [0.717, 1.165) is 9.37 Å². The van der Waals surface area contributed by atoms with Crippen molar-refractivity contribution in [3.05, 3.63) is 28.7 Å². The highest BCUT2D eigenvalue weighted by molar-refractivity contribution is 9.10. The molecule has 1 amide bonds. The summed E-state index contributed by atoms with van der Waals surface area (Å²) in [6, 6.07) is 7.17. The molecule has 1 aromatic rings. The Balaban J connectivity index is 2.31. The van der Waals surface area contributed by atoms with Gasteiger partial charge in [-0.1, -0.05) is 15.9 Å². The van der Waals surface area contributed by atoms with Gasteiger partial charge >= 0.3 is 6.18 Å². The molecule has 7 heteroatoms. The van der Waals surface area contributed by atoms with Crippen LogP contribution in [0.4, 0.5) is 13.2 Å². The number of hydrogen-bond acceptors (Lipinski definition) is 2. The fourth-order valence-electron chi connectivity index (χ4n) is 0.930. The largest absolute Gasteiger partial charge is 0.405 e. The lowest BCUT2D eigenvalue weighted by molar-refractivity contribution is -0.136. The molecular weight excluding hydrogens is 319 g/mol. The van der Waals surface area contributed by atoms with Gasteiger partial charge in [-0.15, -0.1) is 11.8 Å². The first-order chi connectivity index (χ1) is 7.87. The maximum Gasteiger partial charge on any atom is 0.405 e. The van der Waals surface area contributed by atoms with E-state index in [1.807, 2.05) is 5.32 Å². The zero-order chi connectivity index (χ0) is 12.9. The molecule has 0 saturated carbocycles. The minimum absolute atomic E-state index is 0.0300. The second-order valence-electron chi connectivity index (χ2n) is 3.13. The average Bonchev–Trinajstić information content (AvgIpc) is 2.25. The Bertz CT molecular complexity index is 380. The number of hydrogen-bond donors (Lipinski definition) is 1. The Morgan fingerprint density at radius 3 is 2.41 bits per heavy atom. The van der Waals surface area contributed by atoms with Crippen LogP contribution in [0.1, 0.15) is 0 Å². The molecule has 1 aromatic carbocycles. The van der Waals surface area contributed by atoms with Crippen LogP contribution >= 0.6 is 27.7 Å². The van der Waals surface area contributed by atoms with Crippen LogP contribution in [0.5, 0.6) is 0 Å². The number of amides is 1. The van der Waals surface area contributed by atoms with Crippen LogP contribution in [0.2, 0.25) is 0 Å². The quantitative estimate of drug-likeness (QED) is 0.860. The Morgan fingerprint density at radius 2 is 1.88 bits per heavy atom. The molecule has 0 aromatic heterocycles. The van der Waals surface area contributed by atoms with Crippen molar-refractivity contribution >= 4 is 33.6 Å². The average molecular weight is 328 g/mol. The minimum atomic E-state index is -4.36. The molecule has 0 aliphatic heterocycles. The smallest absolute Gasteiger partial charge is 0.346 e. The SMILES string of the molecule is O=C(CSc1ccc(Br)cc1)NCC(F)(F)F. The van der Waals surface area contributed by atoms with Crippen LogP contribution in [0.25, 0.3) is 0 Å². The molecule has 17 heavy (non-hydrogen) atoms. The molecule has 2 nitrogen and oxygen atoms in total. The van der Waals surface area contributed by atoms with Gasteiger partial charge in [-0.2, -0.15) is 13.2 Å². The van der Waals surface area contributed by atoms with E-state index in [1.165, 1.54) is 11.8 Å². The predicted molar refractivity (Wildman–Crippen MR) is 63.9 cm³/mol. The molecule has 0 aliphatic rings. The lowest BCUT2D eigenvalue weighted by Crippen LogP contribution is -2.34. The van der Waals surface area contributed by atoms with Crippen molar-refractivity contribution < 1.29 is 18.0 Å². The normalized spacial score (nSPS) is 11.3. The van der Waals surface area contributed by atoms with Gasteiger partial charge in [0.2, 0.25) is 5.91 Å². The van der Waals surface area contributed by atoms with Crippen molar-refractivity contribution in [3.63, 3.8) is 0 Å². The summed E-state index contributed by atoms with van der Waals surface area (Å²) in [5, 5.41) is 1.81. The number of carbonyl (C=O) groups excluding carboxylic acids is 1. The fraction of sp³-hybridized carbons (Fsp3) is 0.300. The van der Waals surface area contributed by atoms with Gasteiger partial charge in [-0.25, -0.2) is 0 Å². The topological polar surface area (TPSA) is 29.1 Å². The van der Waals surface area contributed by atoms with E-state index in [-0.39, 0.29) is 5.75 Å². The summed E-state index contributed by atoms with van der Waals surface area (Å²) in [5.41, 5.74) is 0. The van der Waals surface area contributed by atoms with Crippen LogP contribution < -0.4 is 5.32 Å². The Hall–Kier alpha value is -0.690. The molecule has 1 N–H and O–H groups in total. The van der Waals surface area contributed by atoms with Crippen molar-refractivity contribution in [2.24, 2.45) is 0 Å². The molecule has 0 atom stereocenters. The van der Waals surface area contributed by atoms with Crippen LogP contribution in [0.3, 0.4) is 0 Å². The van der Waals surface area contributed by atoms with Crippen molar-refractivity contribution in [3.8, 4) is 0 Å².